The molecule has 52 heavy (non-hydrogen) atoms. The van der Waals surface area contributed by atoms with E-state index in [1.165, 1.54) is 14.2 Å². The summed E-state index contributed by atoms with van der Waals surface area (Å²) in [6.07, 6.45) is 5.42. The lowest BCUT2D eigenvalue weighted by Crippen LogP contribution is -2.59. The van der Waals surface area contributed by atoms with E-state index in [1.807, 2.05) is 71.9 Å². The predicted molar refractivity (Wildman–Crippen MR) is 204 cm³/mol. The van der Waals surface area contributed by atoms with Gasteiger partial charge in [-0.3, -0.25) is 19.2 Å². The minimum absolute atomic E-state index is 0.0241. The topological polar surface area (TPSA) is 150 Å². The summed E-state index contributed by atoms with van der Waals surface area (Å²) >= 11 is 0. The Bertz CT molecular complexity index is 1350. The van der Waals surface area contributed by atoms with Crippen LogP contribution in [-0.2, 0) is 28.7 Å². The fourth-order valence-electron chi connectivity index (χ4n) is 6.94. The summed E-state index contributed by atoms with van der Waals surface area (Å²) in [5, 5.41) is 19.8. The monoisotopic (exact) mass is 727 g/mol. The standard InChI is InChI=1S/C40H65N5O7/c1-13-26(6)35(44(10)40(50)34(25(4)5)43-39(49)33(41-9)24(2)3)31(51-11)23-32(46)45-22-18-17-21-30(45)37(52-12)27(7)38(48)42-28(8)36(47)29-19-15-14-16-20-29/h14-22,24-28,30-31,33-37,41,47H,13,23H2,1-12H3,(H,42,48)(H,43,49)/t26-,27+,28+,30-,31+,33-,34-,35-,36+,37+/m0/s1. The maximum atomic E-state index is 14.2. The number of aliphatic hydroxyl groups is 1. The highest BCUT2D eigenvalue weighted by molar-refractivity contribution is 5.90. The van der Waals surface area contributed by atoms with Gasteiger partial charge in [0.1, 0.15) is 6.04 Å². The molecule has 1 aliphatic rings. The largest absolute Gasteiger partial charge is 0.386 e. The third-order valence-electron chi connectivity index (χ3n) is 10.3. The van der Waals surface area contributed by atoms with Crippen LogP contribution < -0.4 is 16.0 Å². The summed E-state index contributed by atoms with van der Waals surface area (Å²) in [5.74, 6) is -2.00. The Morgan fingerprint density at radius 1 is 0.885 bits per heavy atom. The van der Waals surface area contributed by atoms with Crippen molar-refractivity contribution in [1.82, 2.24) is 25.8 Å². The third kappa shape index (κ3) is 11.5. The summed E-state index contributed by atoms with van der Waals surface area (Å²) in [6, 6.07) is 6.22. The number of aliphatic hydroxyl groups excluding tert-OH is 1. The molecule has 0 spiro atoms. The molecular formula is C40H65N5O7. The molecule has 4 amide bonds. The van der Waals surface area contributed by atoms with Crippen LogP contribution in [0.3, 0.4) is 0 Å². The normalized spacial score (nSPS) is 19.6. The minimum atomic E-state index is -0.902. The zero-order valence-electron chi connectivity index (χ0n) is 33.3. The zero-order valence-corrected chi connectivity index (χ0v) is 33.3. The van der Waals surface area contributed by atoms with E-state index in [0.717, 1.165) is 6.42 Å². The molecule has 1 heterocycles. The molecule has 0 aromatic heterocycles. The molecular weight excluding hydrogens is 662 g/mol. The van der Waals surface area contributed by atoms with Gasteiger partial charge >= 0.3 is 0 Å². The number of methoxy groups -OCH3 is 2. The van der Waals surface area contributed by atoms with Crippen molar-refractivity contribution >= 4 is 23.6 Å². The van der Waals surface area contributed by atoms with Gasteiger partial charge in [-0.2, -0.15) is 0 Å². The van der Waals surface area contributed by atoms with E-state index in [-0.39, 0.29) is 47.8 Å². The Morgan fingerprint density at radius 3 is 2.02 bits per heavy atom. The Morgan fingerprint density at radius 2 is 1.50 bits per heavy atom. The van der Waals surface area contributed by atoms with E-state index >= 15 is 0 Å². The molecule has 0 fully saturated rings. The van der Waals surface area contributed by atoms with Crippen LogP contribution in [0.2, 0.25) is 0 Å². The number of amides is 4. The second-order valence-electron chi connectivity index (χ2n) is 14.7. The number of allylic oxidation sites excluding steroid dienone is 2. The molecule has 0 radical (unpaired) electrons. The fraction of sp³-hybridized carbons (Fsp3) is 0.650. The smallest absolute Gasteiger partial charge is 0.245 e. The van der Waals surface area contributed by atoms with E-state index in [1.54, 1.807) is 62.2 Å². The van der Waals surface area contributed by atoms with Crippen LogP contribution >= 0.6 is 0 Å². The molecule has 1 aliphatic heterocycles. The molecule has 0 saturated carbocycles. The van der Waals surface area contributed by atoms with E-state index in [9.17, 15) is 24.3 Å². The van der Waals surface area contributed by atoms with Crippen molar-refractivity contribution in [2.45, 2.75) is 117 Å². The lowest BCUT2D eigenvalue weighted by molar-refractivity contribution is -0.146. The highest BCUT2D eigenvalue weighted by atomic mass is 16.5. The van der Waals surface area contributed by atoms with E-state index < -0.39 is 54.4 Å². The molecule has 0 bridgehead atoms. The highest BCUT2D eigenvalue weighted by Gasteiger charge is 2.41. The molecule has 2 rings (SSSR count). The first-order chi connectivity index (χ1) is 24.5. The van der Waals surface area contributed by atoms with Gasteiger partial charge in [-0.1, -0.05) is 97.4 Å². The highest BCUT2D eigenvalue weighted by Crippen LogP contribution is 2.27. The zero-order chi connectivity index (χ0) is 39.3. The van der Waals surface area contributed by atoms with Crippen molar-refractivity contribution in [3.05, 3.63) is 60.3 Å². The van der Waals surface area contributed by atoms with Crippen LogP contribution in [0.1, 0.15) is 79.9 Å². The lowest BCUT2D eigenvalue weighted by Gasteiger charge is -2.41. The number of hydrogen-bond acceptors (Lipinski definition) is 8. The summed E-state index contributed by atoms with van der Waals surface area (Å²) in [4.78, 5) is 58.2. The predicted octanol–water partition coefficient (Wildman–Crippen LogP) is 3.82. The van der Waals surface area contributed by atoms with Gasteiger partial charge in [-0.15, -0.1) is 0 Å². The number of rotatable bonds is 20. The molecule has 0 saturated heterocycles. The second kappa shape index (κ2) is 21.2. The fourth-order valence-corrected chi connectivity index (χ4v) is 6.94. The number of carbonyl (C=O) groups excluding carboxylic acids is 4. The minimum Gasteiger partial charge on any atom is -0.386 e. The van der Waals surface area contributed by atoms with Crippen LogP contribution in [0.4, 0.5) is 0 Å². The maximum Gasteiger partial charge on any atom is 0.245 e. The lowest BCUT2D eigenvalue weighted by atomic mass is 9.89. The maximum absolute atomic E-state index is 14.2. The number of nitrogens with one attached hydrogen (secondary N) is 3. The Balaban J connectivity index is 2.29. The van der Waals surface area contributed by atoms with Crippen LogP contribution in [-0.4, -0.2) is 109 Å². The summed E-state index contributed by atoms with van der Waals surface area (Å²) in [5.41, 5.74) is 0.692. The number of nitrogens with zero attached hydrogens (tertiary/aromatic N) is 2. The summed E-state index contributed by atoms with van der Waals surface area (Å²) < 4.78 is 11.9. The van der Waals surface area contributed by atoms with Crippen LogP contribution in [0.15, 0.2) is 54.8 Å². The SMILES string of the molecule is CC[C@H](C)[C@@H]([C@@H](CC(=O)N1C=CC=C[C@H]1[C@H](OC)[C@@H](C)C(=O)N[C@H](C)[C@@H](O)c1ccccc1)OC)N(C)C(=O)[C@@H](NC(=O)[C@@H](NC)C(C)C)C(C)C. The van der Waals surface area contributed by atoms with Gasteiger partial charge in [-0.25, -0.2) is 0 Å². The van der Waals surface area contributed by atoms with Gasteiger partial charge in [0, 0.05) is 27.5 Å². The molecule has 0 unspecified atom stereocenters. The van der Waals surface area contributed by atoms with Gasteiger partial charge in [0.25, 0.3) is 0 Å². The van der Waals surface area contributed by atoms with Gasteiger partial charge in [-0.05, 0) is 43.4 Å². The first-order valence-corrected chi connectivity index (χ1v) is 18.5. The first kappa shape index (κ1) is 44.6. The molecule has 0 aliphatic carbocycles. The molecule has 12 nitrogen and oxygen atoms in total. The van der Waals surface area contributed by atoms with Gasteiger partial charge in [0.15, 0.2) is 0 Å². The average molecular weight is 728 g/mol. The Kier molecular flexibility index (Phi) is 18.2. The van der Waals surface area contributed by atoms with Crippen LogP contribution in [0.5, 0.6) is 0 Å². The van der Waals surface area contributed by atoms with Crippen molar-refractivity contribution in [3.8, 4) is 0 Å². The van der Waals surface area contributed by atoms with Crippen LogP contribution in [0, 0.1) is 23.7 Å². The van der Waals surface area contributed by atoms with Crippen molar-refractivity contribution in [1.29, 1.82) is 0 Å². The van der Waals surface area contributed by atoms with Crippen molar-refractivity contribution in [3.63, 3.8) is 0 Å². The van der Waals surface area contributed by atoms with Crippen molar-refractivity contribution in [2.24, 2.45) is 23.7 Å². The third-order valence-corrected chi connectivity index (χ3v) is 10.3. The number of benzene rings is 1. The quantitative estimate of drug-likeness (QED) is 0.159. The Hall–Kier alpha value is -3.58. The molecule has 1 aromatic rings. The molecule has 4 N–H and O–H groups in total. The van der Waals surface area contributed by atoms with Gasteiger partial charge < -0.3 is 40.3 Å². The number of ether oxygens (including phenoxy) is 2. The summed E-state index contributed by atoms with van der Waals surface area (Å²) in [6.45, 7) is 15.2. The molecule has 292 valence electrons. The van der Waals surface area contributed by atoms with E-state index in [4.69, 9.17) is 9.47 Å². The van der Waals surface area contributed by atoms with Crippen molar-refractivity contribution in [2.75, 3.05) is 28.3 Å². The van der Waals surface area contributed by atoms with Crippen LogP contribution in [0.25, 0.3) is 0 Å². The van der Waals surface area contributed by atoms with Gasteiger partial charge in [0.05, 0.1) is 54.8 Å². The molecule has 10 atom stereocenters. The van der Waals surface area contributed by atoms with Gasteiger partial charge in [0.2, 0.25) is 23.6 Å². The Labute approximate surface area is 311 Å². The van der Waals surface area contributed by atoms with Crippen molar-refractivity contribution < 1.29 is 33.8 Å². The van der Waals surface area contributed by atoms with E-state index in [2.05, 4.69) is 16.0 Å². The summed E-state index contributed by atoms with van der Waals surface area (Å²) in [7, 11) is 6.47. The number of carbonyl (C=O) groups is 4. The number of likely N-dealkylation sites (N-methyl/N-ethyl adjacent to an activating group) is 2. The first-order valence-electron chi connectivity index (χ1n) is 18.5. The molecule has 12 heteroatoms. The average Bonchev–Trinajstić information content (AvgIpc) is 3.13. The molecule has 1 aromatic carbocycles. The second-order valence-corrected chi connectivity index (χ2v) is 14.7. The number of hydrogen-bond donors (Lipinski definition) is 4. The van der Waals surface area contributed by atoms with E-state index in [0.29, 0.717) is 5.56 Å².